The van der Waals surface area contributed by atoms with E-state index in [0.29, 0.717) is 5.92 Å². The van der Waals surface area contributed by atoms with Crippen LogP contribution in [-0.4, -0.2) is 5.71 Å². The summed E-state index contributed by atoms with van der Waals surface area (Å²) in [7, 11) is 0. The Morgan fingerprint density at radius 3 is 2.42 bits per heavy atom. The second kappa shape index (κ2) is 8.17. The van der Waals surface area contributed by atoms with Crippen molar-refractivity contribution in [1.29, 1.82) is 0 Å². The highest BCUT2D eigenvalue weighted by molar-refractivity contribution is 6.04. The molecule has 2 aromatic rings. The Hall–Kier alpha value is -3.71. The zero-order valence-electron chi connectivity index (χ0n) is 20.9. The Morgan fingerprint density at radius 1 is 0.861 bits per heavy atom. The number of benzene rings is 2. The van der Waals surface area contributed by atoms with Gasteiger partial charge in [0, 0.05) is 23.2 Å². The molecule has 0 aliphatic heterocycles. The lowest BCUT2D eigenvalue weighted by Gasteiger charge is -2.34. The molecule has 3 unspecified atom stereocenters. The third kappa shape index (κ3) is 2.86. The first kappa shape index (κ1) is 21.6. The van der Waals surface area contributed by atoms with Gasteiger partial charge < -0.3 is 0 Å². The number of allylic oxidation sites excluding steroid dienone is 12. The van der Waals surface area contributed by atoms with Crippen molar-refractivity contribution in [2.24, 2.45) is 16.8 Å². The van der Waals surface area contributed by atoms with E-state index < -0.39 is 0 Å². The average Bonchev–Trinajstić information content (AvgIpc) is 3.41. The number of aliphatic imine (C=N–C) groups is 1. The monoisotopic (exact) mass is 465 g/mol. The van der Waals surface area contributed by atoms with E-state index in [1.165, 1.54) is 50.3 Å². The number of hydrogen-bond acceptors (Lipinski definition) is 1. The normalized spacial score (nSPS) is 27.4. The molecule has 0 aromatic heterocycles. The fourth-order valence-corrected chi connectivity index (χ4v) is 7.26. The van der Waals surface area contributed by atoms with Crippen molar-refractivity contribution < 1.29 is 0 Å². The lowest BCUT2D eigenvalue weighted by atomic mass is 9.67. The smallest absolute Gasteiger partial charge is 0.0719 e. The van der Waals surface area contributed by atoms with Crippen LogP contribution in [0.5, 0.6) is 0 Å². The van der Waals surface area contributed by atoms with Gasteiger partial charge in [-0.3, -0.25) is 4.99 Å². The summed E-state index contributed by atoms with van der Waals surface area (Å²) in [6, 6.07) is 18.3. The van der Waals surface area contributed by atoms with E-state index in [0.717, 1.165) is 31.4 Å². The fourth-order valence-electron chi connectivity index (χ4n) is 7.26. The van der Waals surface area contributed by atoms with Gasteiger partial charge in [0.1, 0.15) is 0 Å². The van der Waals surface area contributed by atoms with E-state index in [1.54, 1.807) is 0 Å². The second-order valence-electron chi connectivity index (χ2n) is 10.6. The molecule has 0 heterocycles. The molecule has 36 heavy (non-hydrogen) atoms. The van der Waals surface area contributed by atoms with Gasteiger partial charge in [0.2, 0.25) is 0 Å². The molecule has 1 spiro atoms. The van der Waals surface area contributed by atoms with E-state index in [9.17, 15) is 0 Å². The van der Waals surface area contributed by atoms with Crippen LogP contribution in [0.4, 0.5) is 0 Å². The predicted octanol–water partition coefficient (Wildman–Crippen LogP) is 8.54. The summed E-state index contributed by atoms with van der Waals surface area (Å²) < 4.78 is 0. The lowest BCUT2D eigenvalue weighted by molar-refractivity contribution is 0.749. The van der Waals surface area contributed by atoms with Crippen LogP contribution < -0.4 is 0 Å². The fraction of sp³-hybridized carbons (Fsp3) is 0.229. The van der Waals surface area contributed by atoms with Gasteiger partial charge in [-0.1, -0.05) is 104 Å². The Bertz CT molecular complexity index is 1520. The Morgan fingerprint density at radius 2 is 1.61 bits per heavy atom. The summed E-state index contributed by atoms with van der Waals surface area (Å²) in [5.41, 5.74) is 13.6. The summed E-state index contributed by atoms with van der Waals surface area (Å²) in [6.07, 6.45) is 22.5. The molecular weight excluding hydrogens is 434 g/mol. The summed E-state index contributed by atoms with van der Waals surface area (Å²) in [4.78, 5) is 5.14. The molecule has 0 saturated carbocycles. The molecule has 7 rings (SSSR count). The summed E-state index contributed by atoms with van der Waals surface area (Å²) in [6.45, 7) is 6.59. The van der Waals surface area contributed by atoms with Crippen molar-refractivity contribution in [3.05, 3.63) is 143 Å². The van der Waals surface area contributed by atoms with Gasteiger partial charge in [-0.2, -0.15) is 0 Å². The zero-order chi connectivity index (χ0) is 24.3. The molecule has 0 saturated heterocycles. The quantitative estimate of drug-likeness (QED) is 0.403. The molecule has 0 radical (unpaired) electrons. The SMILES string of the molecule is C=C(N=C(C)C1CC=CC2=C1c1ccccc1C21C2=C(CCC=C2)c2ccccc21)C1C=CC=CC1. The molecular formula is C35H31N. The second-order valence-corrected chi connectivity index (χ2v) is 10.6. The molecule has 176 valence electrons. The number of nitrogens with zero attached hydrogens (tertiary/aromatic N) is 1. The molecule has 1 heteroatoms. The predicted molar refractivity (Wildman–Crippen MR) is 152 cm³/mol. The highest BCUT2D eigenvalue weighted by Crippen LogP contribution is 2.64. The standard InChI is InChI=1S/C35H31N/c1-23(25-13-4-3-5-14-25)36-24(2)26-18-12-22-33-34(26)29-17-8-11-21-32(29)35(33)30-19-9-6-15-27(30)28-16-7-10-20-31(28)35/h3-6,8-13,15,17,19-22,25-26H,1,7,14,16,18H2,2H3. The average molecular weight is 466 g/mol. The zero-order valence-corrected chi connectivity index (χ0v) is 20.9. The molecule has 0 N–H and O–H groups in total. The van der Waals surface area contributed by atoms with Gasteiger partial charge in [0.25, 0.3) is 0 Å². The first-order valence-electron chi connectivity index (χ1n) is 13.3. The van der Waals surface area contributed by atoms with Crippen molar-refractivity contribution in [2.75, 3.05) is 0 Å². The van der Waals surface area contributed by atoms with Crippen LogP contribution in [0.2, 0.25) is 0 Å². The van der Waals surface area contributed by atoms with Crippen LogP contribution >= 0.6 is 0 Å². The van der Waals surface area contributed by atoms with E-state index in [4.69, 9.17) is 4.99 Å². The van der Waals surface area contributed by atoms with E-state index in [2.05, 4.69) is 111 Å². The molecule has 5 aliphatic rings. The maximum atomic E-state index is 5.14. The molecule has 3 atom stereocenters. The first-order valence-corrected chi connectivity index (χ1v) is 13.3. The van der Waals surface area contributed by atoms with Crippen LogP contribution in [0.1, 0.15) is 54.9 Å². The Kier molecular flexibility index (Phi) is 4.89. The van der Waals surface area contributed by atoms with Crippen molar-refractivity contribution in [3.8, 4) is 0 Å². The van der Waals surface area contributed by atoms with Gasteiger partial charge in [-0.05, 0) is 77.2 Å². The van der Waals surface area contributed by atoms with Crippen LogP contribution in [0, 0.1) is 11.8 Å². The highest BCUT2D eigenvalue weighted by Gasteiger charge is 2.54. The Labute approximate surface area is 214 Å². The van der Waals surface area contributed by atoms with Crippen molar-refractivity contribution in [1.82, 2.24) is 0 Å². The van der Waals surface area contributed by atoms with Crippen molar-refractivity contribution >= 4 is 16.9 Å². The van der Waals surface area contributed by atoms with Crippen molar-refractivity contribution in [2.45, 2.75) is 38.0 Å². The summed E-state index contributed by atoms with van der Waals surface area (Å²) in [5.74, 6) is 0.552. The Balaban J connectivity index is 1.43. The number of rotatable bonds is 3. The minimum atomic E-state index is -0.224. The van der Waals surface area contributed by atoms with Crippen molar-refractivity contribution in [3.63, 3.8) is 0 Å². The molecule has 2 aromatic carbocycles. The van der Waals surface area contributed by atoms with Crippen LogP contribution in [0.25, 0.3) is 11.1 Å². The van der Waals surface area contributed by atoms with Gasteiger partial charge >= 0.3 is 0 Å². The van der Waals surface area contributed by atoms with Gasteiger partial charge in [-0.15, -0.1) is 0 Å². The largest absolute Gasteiger partial charge is 0.262 e. The molecule has 0 amide bonds. The topological polar surface area (TPSA) is 12.4 Å². The minimum absolute atomic E-state index is 0.224. The van der Waals surface area contributed by atoms with E-state index in [1.807, 2.05) is 0 Å². The molecule has 0 fully saturated rings. The van der Waals surface area contributed by atoms with Gasteiger partial charge in [-0.25, -0.2) is 0 Å². The van der Waals surface area contributed by atoms with Crippen LogP contribution in [0.15, 0.2) is 126 Å². The molecule has 1 nitrogen and oxygen atoms in total. The number of fused-ring (bicyclic) bond motifs is 8. The minimum Gasteiger partial charge on any atom is -0.262 e. The number of hydrogen-bond donors (Lipinski definition) is 0. The lowest BCUT2D eigenvalue weighted by Crippen LogP contribution is -2.29. The van der Waals surface area contributed by atoms with Crippen LogP contribution in [0.3, 0.4) is 0 Å². The molecule has 0 bridgehead atoms. The van der Waals surface area contributed by atoms with E-state index >= 15 is 0 Å². The maximum Gasteiger partial charge on any atom is 0.0719 e. The maximum absolute atomic E-state index is 5.14. The molecule has 5 aliphatic carbocycles. The first-order chi connectivity index (χ1) is 17.7. The van der Waals surface area contributed by atoms with E-state index in [-0.39, 0.29) is 11.3 Å². The summed E-state index contributed by atoms with van der Waals surface area (Å²) in [5, 5.41) is 0. The third-order valence-corrected chi connectivity index (χ3v) is 8.78. The highest BCUT2D eigenvalue weighted by atomic mass is 14.8. The van der Waals surface area contributed by atoms with Gasteiger partial charge in [0.15, 0.2) is 0 Å². The van der Waals surface area contributed by atoms with Crippen LogP contribution in [-0.2, 0) is 5.41 Å². The summed E-state index contributed by atoms with van der Waals surface area (Å²) >= 11 is 0. The van der Waals surface area contributed by atoms with Gasteiger partial charge in [0.05, 0.1) is 5.41 Å². The third-order valence-electron chi connectivity index (χ3n) is 8.78.